The molecule has 4 rings (SSSR count). The molecule has 0 unspecified atom stereocenters. The van der Waals surface area contributed by atoms with Crippen LogP contribution in [-0.2, 0) is 6.18 Å². The van der Waals surface area contributed by atoms with Gasteiger partial charge in [-0.2, -0.15) is 28.5 Å². The molecule has 15 heteroatoms. The topological polar surface area (TPSA) is 143 Å². The van der Waals surface area contributed by atoms with E-state index in [2.05, 4.69) is 25.6 Å². The first-order valence-corrected chi connectivity index (χ1v) is 10.2. The Morgan fingerprint density at radius 1 is 1.15 bits per heavy atom. The lowest BCUT2D eigenvalue weighted by atomic mass is 10.2. The van der Waals surface area contributed by atoms with Gasteiger partial charge in [0.1, 0.15) is 0 Å². The summed E-state index contributed by atoms with van der Waals surface area (Å²) in [6.07, 6.45) is -0.0820. The predicted octanol–water partition coefficient (Wildman–Crippen LogP) is 3.32. The van der Waals surface area contributed by atoms with Gasteiger partial charge in [-0.3, -0.25) is 9.93 Å². The van der Waals surface area contributed by atoms with E-state index in [1.165, 1.54) is 36.8 Å². The second-order valence-electron chi connectivity index (χ2n) is 6.43. The first-order chi connectivity index (χ1) is 15.7. The lowest BCUT2D eigenvalue weighted by Gasteiger charge is -2.15. The summed E-state index contributed by atoms with van der Waals surface area (Å²) in [5.74, 6) is -0.893. The van der Waals surface area contributed by atoms with E-state index >= 15 is 0 Å². The van der Waals surface area contributed by atoms with E-state index in [0.29, 0.717) is 9.58 Å². The molecule has 0 radical (unpaired) electrons. The molecule has 170 valence electrons. The van der Waals surface area contributed by atoms with Crippen molar-refractivity contribution < 1.29 is 18.0 Å². The van der Waals surface area contributed by atoms with Gasteiger partial charge in [-0.1, -0.05) is 17.7 Å². The van der Waals surface area contributed by atoms with Gasteiger partial charge in [0, 0.05) is 4.90 Å². The maximum Gasteiger partial charge on any atom is 0.434 e. The van der Waals surface area contributed by atoms with Crippen molar-refractivity contribution in [2.45, 2.75) is 11.1 Å². The summed E-state index contributed by atoms with van der Waals surface area (Å²) in [7, 11) is 0. The largest absolute Gasteiger partial charge is 0.434 e. The number of amides is 1. The third kappa shape index (κ3) is 4.35. The van der Waals surface area contributed by atoms with Gasteiger partial charge >= 0.3 is 6.18 Å². The van der Waals surface area contributed by atoms with Crippen molar-refractivity contribution in [3.8, 4) is 11.5 Å². The van der Waals surface area contributed by atoms with Crippen LogP contribution in [0.1, 0.15) is 16.1 Å². The molecule has 4 aromatic rings. The second-order valence-corrected chi connectivity index (χ2v) is 7.51. The molecule has 0 saturated heterocycles. The predicted molar refractivity (Wildman–Crippen MR) is 115 cm³/mol. The Bertz CT molecular complexity index is 1320. The van der Waals surface area contributed by atoms with E-state index in [-0.39, 0.29) is 27.9 Å². The third-order valence-corrected chi connectivity index (χ3v) is 5.26. The molecule has 3 aromatic heterocycles. The number of carbonyl (C=O) groups is 1. The molecule has 0 fully saturated rings. The molecule has 0 spiro atoms. The Hall–Kier alpha value is -3.62. The maximum absolute atomic E-state index is 14.0. The average Bonchev–Trinajstić information content (AvgIpc) is 3.44. The van der Waals surface area contributed by atoms with Crippen molar-refractivity contribution in [3.05, 3.63) is 65.3 Å². The Morgan fingerprint density at radius 3 is 2.52 bits per heavy atom. The number of anilines is 2. The molecule has 10 nitrogen and oxygen atoms in total. The number of para-hydroxylation sites is 1. The lowest BCUT2D eigenvalue weighted by molar-refractivity contribution is -0.143. The zero-order chi connectivity index (χ0) is 23.8. The van der Waals surface area contributed by atoms with Crippen LogP contribution in [0.25, 0.3) is 11.5 Å². The summed E-state index contributed by atoms with van der Waals surface area (Å²) >= 11 is 6.92. The molecular weight excluding hydrogens is 483 g/mol. The molecular formula is C18H13ClF3N9OS. The van der Waals surface area contributed by atoms with Crippen LogP contribution in [0.15, 0.2) is 53.9 Å². The van der Waals surface area contributed by atoms with Gasteiger partial charge < -0.3 is 11.1 Å². The van der Waals surface area contributed by atoms with Crippen LogP contribution >= 0.6 is 23.5 Å². The first kappa shape index (κ1) is 22.6. The highest BCUT2D eigenvalue weighted by molar-refractivity contribution is 7.97. The van der Waals surface area contributed by atoms with Crippen molar-refractivity contribution in [1.29, 1.82) is 0 Å². The molecule has 0 aliphatic carbocycles. The van der Waals surface area contributed by atoms with Crippen molar-refractivity contribution in [3.63, 3.8) is 0 Å². The van der Waals surface area contributed by atoms with Crippen molar-refractivity contribution in [1.82, 2.24) is 29.8 Å². The molecule has 0 aliphatic heterocycles. The molecule has 0 atom stereocenters. The summed E-state index contributed by atoms with van der Waals surface area (Å²) in [5.41, 5.74) is 3.91. The van der Waals surface area contributed by atoms with Crippen molar-refractivity contribution in [2.75, 3.05) is 11.1 Å². The summed E-state index contributed by atoms with van der Waals surface area (Å²) in [6, 6.07) is 5.67. The van der Waals surface area contributed by atoms with Gasteiger partial charge in [-0.05, 0) is 30.1 Å². The maximum atomic E-state index is 14.0. The number of benzene rings is 1. The Morgan fingerprint density at radius 2 is 1.88 bits per heavy atom. The summed E-state index contributed by atoms with van der Waals surface area (Å²) in [4.78, 5) is 18.3. The van der Waals surface area contributed by atoms with E-state index in [1.807, 2.05) is 0 Å². The SMILES string of the molecule is NSc1cccc(-n2ncc(C(=O)Nc3cnc(-n4nccn4)c(Cl)c3)c2C(F)(F)F)c1N. The standard InChI is InChI=1S/C18H13ClF3N9OS/c19-11-6-9(7-25-16(11)31-26-4-5-27-31)29-17(32)10-8-28-30(15(10)18(20,21)22)12-2-1-3-13(33-24)14(12)23/h1-8H,23-24H2,(H,29,32). The minimum atomic E-state index is -4.92. The molecule has 0 saturated carbocycles. The van der Waals surface area contributed by atoms with E-state index in [0.717, 1.165) is 22.9 Å². The highest BCUT2D eigenvalue weighted by atomic mass is 35.5. The number of pyridine rings is 1. The number of nitrogens with one attached hydrogen (secondary N) is 1. The highest BCUT2D eigenvalue weighted by Crippen LogP contribution is 2.36. The van der Waals surface area contributed by atoms with E-state index < -0.39 is 23.3 Å². The van der Waals surface area contributed by atoms with Gasteiger partial charge in [0.15, 0.2) is 11.5 Å². The van der Waals surface area contributed by atoms with E-state index in [4.69, 9.17) is 22.5 Å². The molecule has 5 N–H and O–H groups in total. The molecule has 1 amide bonds. The number of nitrogen functional groups attached to an aromatic ring is 1. The average molecular weight is 496 g/mol. The minimum absolute atomic E-state index is 0.00985. The third-order valence-electron chi connectivity index (χ3n) is 4.37. The van der Waals surface area contributed by atoms with Crippen LogP contribution in [0.5, 0.6) is 0 Å². The highest BCUT2D eigenvalue weighted by Gasteiger charge is 2.41. The Kier molecular flexibility index (Phi) is 5.97. The number of carbonyl (C=O) groups excluding carboxylic acids is 1. The van der Waals surface area contributed by atoms with Crippen LogP contribution in [0.3, 0.4) is 0 Å². The Balaban J connectivity index is 1.70. The van der Waals surface area contributed by atoms with Gasteiger partial charge in [0.2, 0.25) is 0 Å². The number of halogens is 4. The fraction of sp³-hybridized carbons (Fsp3) is 0.0556. The molecule has 3 heterocycles. The summed E-state index contributed by atoms with van der Waals surface area (Å²) in [6.45, 7) is 0. The molecule has 1 aromatic carbocycles. The zero-order valence-electron chi connectivity index (χ0n) is 16.3. The molecule has 33 heavy (non-hydrogen) atoms. The first-order valence-electron chi connectivity index (χ1n) is 8.95. The summed E-state index contributed by atoms with van der Waals surface area (Å²) in [5, 5.41) is 19.5. The number of hydrogen-bond acceptors (Lipinski definition) is 8. The van der Waals surface area contributed by atoms with Gasteiger partial charge in [-0.15, -0.1) is 4.80 Å². The van der Waals surface area contributed by atoms with Crippen LogP contribution in [0.4, 0.5) is 24.5 Å². The number of hydrogen-bond donors (Lipinski definition) is 3. The number of rotatable bonds is 5. The van der Waals surface area contributed by atoms with Crippen LogP contribution in [-0.4, -0.2) is 35.7 Å². The smallest absolute Gasteiger partial charge is 0.396 e. The Labute approximate surface area is 192 Å². The normalized spacial score (nSPS) is 11.5. The van der Waals surface area contributed by atoms with Gasteiger partial charge in [0.05, 0.1) is 52.4 Å². The van der Waals surface area contributed by atoms with E-state index in [9.17, 15) is 18.0 Å². The van der Waals surface area contributed by atoms with Gasteiger partial charge in [-0.25, -0.2) is 9.67 Å². The zero-order valence-corrected chi connectivity index (χ0v) is 17.9. The lowest BCUT2D eigenvalue weighted by Crippen LogP contribution is -2.21. The van der Waals surface area contributed by atoms with Crippen molar-refractivity contribution in [2.24, 2.45) is 5.14 Å². The minimum Gasteiger partial charge on any atom is -0.396 e. The number of nitrogens with two attached hydrogens (primary N) is 2. The fourth-order valence-corrected chi connectivity index (χ4v) is 3.59. The fourth-order valence-electron chi connectivity index (χ4n) is 2.96. The van der Waals surface area contributed by atoms with Crippen LogP contribution in [0.2, 0.25) is 5.02 Å². The molecule has 0 bridgehead atoms. The van der Waals surface area contributed by atoms with Crippen LogP contribution < -0.4 is 16.2 Å². The monoisotopic (exact) mass is 495 g/mol. The van der Waals surface area contributed by atoms with Gasteiger partial charge in [0.25, 0.3) is 5.91 Å². The quantitative estimate of drug-likeness (QED) is 0.282. The van der Waals surface area contributed by atoms with Crippen molar-refractivity contribution >= 4 is 40.8 Å². The van der Waals surface area contributed by atoms with E-state index in [1.54, 1.807) is 6.07 Å². The second kappa shape index (κ2) is 8.73. The number of aromatic nitrogens is 6. The van der Waals surface area contributed by atoms with Crippen LogP contribution in [0, 0.1) is 0 Å². The summed E-state index contributed by atoms with van der Waals surface area (Å²) < 4.78 is 42.4. The number of alkyl halides is 3. The molecule has 0 aliphatic rings. The number of nitrogens with zero attached hydrogens (tertiary/aromatic N) is 6.